The maximum Gasteiger partial charge on any atom is 0.264 e. The highest BCUT2D eigenvalue weighted by Gasteiger charge is 2.32. The van der Waals surface area contributed by atoms with Gasteiger partial charge in [-0.15, -0.1) is 0 Å². The third-order valence-electron chi connectivity index (χ3n) is 6.31. The summed E-state index contributed by atoms with van der Waals surface area (Å²) in [5.41, 5.74) is 2.20. The second kappa shape index (κ2) is 14.3. The Morgan fingerprint density at radius 2 is 1.57 bits per heavy atom. The zero-order chi connectivity index (χ0) is 29.3. The molecule has 0 heterocycles. The van der Waals surface area contributed by atoms with Crippen LogP contribution in [0.1, 0.15) is 38.3 Å². The third kappa shape index (κ3) is 8.08. The van der Waals surface area contributed by atoms with Gasteiger partial charge in [0.1, 0.15) is 18.3 Å². The number of hydrogen-bond acceptors (Lipinski definition) is 5. The minimum Gasteiger partial charge on any atom is -0.494 e. The van der Waals surface area contributed by atoms with Gasteiger partial charge in [0.2, 0.25) is 11.8 Å². The molecule has 0 aliphatic rings. The highest BCUT2D eigenvalue weighted by atomic mass is 79.9. The van der Waals surface area contributed by atoms with Crippen molar-refractivity contribution in [1.82, 2.24) is 10.2 Å². The Morgan fingerprint density at radius 1 is 0.950 bits per heavy atom. The van der Waals surface area contributed by atoms with Crippen molar-refractivity contribution in [2.24, 2.45) is 0 Å². The summed E-state index contributed by atoms with van der Waals surface area (Å²) >= 11 is 3.34. The summed E-state index contributed by atoms with van der Waals surface area (Å²) in [6.07, 6.45) is 0.751. The fourth-order valence-corrected chi connectivity index (χ4v) is 5.69. The van der Waals surface area contributed by atoms with Gasteiger partial charge >= 0.3 is 0 Å². The average Bonchev–Trinajstić information content (AvgIpc) is 2.94. The Bertz CT molecular complexity index is 1380. The van der Waals surface area contributed by atoms with Crippen molar-refractivity contribution in [1.29, 1.82) is 0 Å². The van der Waals surface area contributed by atoms with Crippen LogP contribution in [-0.4, -0.2) is 50.9 Å². The van der Waals surface area contributed by atoms with E-state index in [-0.39, 0.29) is 17.3 Å². The van der Waals surface area contributed by atoms with Gasteiger partial charge in [0.25, 0.3) is 10.0 Å². The van der Waals surface area contributed by atoms with E-state index in [2.05, 4.69) is 21.2 Å². The molecule has 0 saturated carbocycles. The number of amides is 2. The minimum absolute atomic E-state index is 0.0382. The van der Waals surface area contributed by atoms with E-state index < -0.39 is 28.5 Å². The quantitative estimate of drug-likeness (QED) is 0.277. The van der Waals surface area contributed by atoms with Gasteiger partial charge in [-0.2, -0.15) is 0 Å². The maximum absolute atomic E-state index is 13.9. The lowest BCUT2D eigenvalue weighted by Crippen LogP contribution is -2.51. The van der Waals surface area contributed by atoms with Crippen LogP contribution < -0.4 is 14.4 Å². The van der Waals surface area contributed by atoms with E-state index in [1.807, 2.05) is 45.0 Å². The van der Waals surface area contributed by atoms with Crippen molar-refractivity contribution in [2.45, 2.75) is 51.6 Å². The van der Waals surface area contributed by atoms with Gasteiger partial charge < -0.3 is 15.0 Å². The molecular formula is C30H36BrN3O5S. The van der Waals surface area contributed by atoms with E-state index in [4.69, 9.17) is 4.74 Å². The van der Waals surface area contributed by atoms with Crippen molar-refractivity contribution >= 4 is 43.5 Å². The van der Waals surface area contributed by atoms with E-state index in [1.54, 1.807) is 43.3 Å². The lowest BCUT2D eigenvalue weighted by molar-refractivity contribution is -0.139. The number of carbonyl (C=O) groups excluding carboxylic acids is 2. The molecule has 0 fully saturated rings. The van der Waals surface area contributed by atoms with E-state index in [0.717, 1.165) is 26.3 Å². The first-order chi connectivity index (χ1) is 19.1. The molecule has 0 spiro atoms. The summed E-state index contributed by atoms with van der Waals surface area (Å²) in [5, 5.41) is 2.84. The molecule has 214 valence electrons. The van der Waals surface area contributed by atoms with E-state index in [0.29, 0.717) is 24.6 Å². The van der Waals surface area contributed by atoms with Crippen molar-refractivity contribution in [3.63, 3.8) is 0 Å². The molecule has 0 bridgehead atoms. The molecule has 0 saturated heterocycles. The maximum atomic E-state index is 13.9. The fourth-order valence-electron chi connectivity index (χ4n) is 4.01. The molecule has 0 aromatic heterocycles. The number of benzene rings is 3. The molecule has 0 aliphatic carbocycles. The fraction of sp³-hybridized carbons (Fsp3) is 0.333. The summed E-state index contributed by atoms with van der Waals surface area (Å²) in [7, 11) is -4.14. The number of sulfonamides is 1. The molecule has 3 rings (SSSR count). The van der Waals surface area contributed by atoms with E-state index in [9.17, 15) is 18.0 Å². The van der Waals surface area contributed by atoms with Gasteiger partial charge in [0, 0.05) is 17.6 Å². The Kier molecular flexibility index (Phi) is 11.2. The predicted molar refractivity (Wildman–Crippen MR) is 161 cm³/mol. The molecule has 0 radical (unpaired) electrons. The second-order valence-electron chi connectivity index (χ2n) is 9.37. The number of aryl methyl sites for hydroxylation is 1. The van der Waals surface area contributed by atoms with Crippen LogP contribution >= 0.6 is 15.9 Å². The zero-order valence-corrected chi connectivity index (χ0v) is 25.7. The monoisotopic (exact) mass is 629 g/mol. The SMILES string of the molecule is CCCNC(=O)C(C)N(Cc1ccc(C)cc1)C(=O)CN(c1ccc(OCC)cc1)S(=O)(=O)c1ccc(Br)cc1. The van der Waals surface area contributed by atoms with Crippen molar-refractivity contribution in [2.75, 3.05) is 24.0 Å². The molecule has 40 heavy (non-hydrogen) atoms. The Balaban J connectivity index is 2.01. The van der Waals surface area contributed by atoms with Crippen molar-refractivity contribution in [3.8, 4) is 5.75 Å². The first-order valence-corrected chi connectivity index (χ1v) is 15.4. The number of hydrogen-bond donors (Lipinski definition) is 1. The molecule has 1 atom stereocenters. The first-order valence-electron chi connectivity index (χ1n) is 13.2. The molecule has 3 aromatic rings. The van der Waals surface area contributed by atoms with E-state index in [1.165, 1.54) is 17.0 Å². The van der Waals surface area contributed by atoms with Gasteiger partial charge in [0.15, 0.2) is 0 Å². The first kappa shape index (κ1) is 31.2. The summed E-state index contributed by atoms with van der Waals surface area (Å²) < 4.78 is 35.1. The van der Waals surface area contributed by atoms with Gasteiger partial charge in [0.05, 0.1) is 17.2 Å². The molecule has 3 aromatic carbocycles. The van der Waals surface area contributed by atoms with Gasteiger partial charge in [-0.3, -0.25) is 13.9 Å². The van der Waals surface area contributed by atoms with Crippen LogP contribution in [0.2, 0.25) is 0 Å². The standard InChI is InChI=1S/C30H36BrN3O5S/c1-5-19-32-30(36)23(4)33(20-24-9-7-22(3)8-10-24)29(35)21-34(26-13-15-27(16-14-26)39-6-2)40(37,38)28-17-11-25(31)12-18-28/h7-18,23H,5-6,19-21H2,1-4H3,(H,32,36). The van der Waals surface area contributed by atoms with Crippen molar-refractivity contribution < 1.29 is 22.7 Å². The molecule has 1 N–H and O–H groups in total. The van der Waals surface area contributed by atoms with Crippen LogP contribution in [0.15, 0.2) is 82.2 Å². The summed E-state index contributed by atoms with van der Waals surface area (Å²) in [4.78, 5) is 28.3. The van der Waals surface area contributed by atoms with Crippen molar-refractivity contribution in [3.05, 3.63) is 88.4 Å². The van der Waals surface area contributed by atoms with Crippen LogP contribution in [0.25, 0.3) is 0 Å². The van der Waals surface area contributed by atoms with Crippen LogP contribution in [0.5, 0.6) is 5.75 Å². The van der Waals surface area contributed by atoms with Crippen LogP contribution in [0.4, 0.5) is 5.69 Å². The van der Waals surface area contributed by atoms with Crippen LogP contribution in [0, 0.1) is 6.92 Å². The topological polar surface area (TPSA) is 96.0 Å². The smallest absolute Gasteiger partial charge is 0.264 e. The lowest BCUT2D eigenvalue weighted by Gasteiger charge is -2.32. The normalized spacial score (nSPS) is 11.9. The summed E-state index contributed by atoms with van der Waals surface area (Å²) in [6, 6.07) is 19.6. The zero-order valence-electron chi connectivity index (χ0n) is 23.3. The van der Waals surface area contributed by atoms with Gasteiger partial charge in [-0.1, -0.05) is 52.7 Å². The van der Waals surface area contributed by atoms with Gasteiger partial charge in [-0.25, -0.2) is 8.42 Å². The summed E-state index contributed by atoms with van der Waals surface area (Å²) in [5.74, 6) is -0.222. The Labute approximate surface area is 245 Å². The molecule has 1 unspecified atom stereocenters. The number of rotatable bonds is 13. The molecule has 2 amide bonds. The Morgan fingerprint density at radius 3 is 2.15 bits per heavy atom. The number of nitrogens with zero attached hydrogens (tertiary/aromatic N) is 2. The third-order valence-corrected chi connectivity index (χ3v) is 8.62. The lowest BCUT2D eigenvalue weighted by atomic mass is 10.1. The number of anilines is 1. The van der Waals surface area contributed by atoms with Crippen LogP contribution in [0.3, 0.4) is 0 Å². The highest BCUT2D eigenvalue weighted by molar-refractivity contribution is 9.10. The largest absolute Gasteiger partial charge is 0.494 e. The number of carbonyl (C=O) groups is 2. The van der Waals surface area contributed by atoms with Crippen LogP contribution in [-0.2, 0) is 26.2 Å². The van der Waals surface area contributed by atoms with E-state index >= 15 is 0 Å². The average molecular weight is 631 g/mol. The molecule has 10 heteroatoms. The minimum atomic E-state index is -4.14. The number of ether oxygens (including phenoxy) is 1. The summed E-state index contributed by atoms with van der Waals surface area (Å²) in [6.45, 7) is 8.02. The number of nitrogens with one attached hydrogen (secondary N) is 1. The molecular weight excluding hydrogens is 594 g/mol. The highest BCUT2D eigenvalue weighted by Crippen LogP contribution is 2.27. The predicted octanol–water partition coefficient (Wildman–Crippen LogP) is 5.30. The number of halogens is 1. The van der Waals surface area contributed by atoms with Gasteiger partial charge in [-0.05, 0) is 81.3 Å². The second-order valence-corrected chi connectivity index (χ2v) is 12.1. The molecule has 8 nitrogen and oxygen atoms in total. The Hall–Kier alpha value is -3.37. The molecule has 0 aliphatic heterocycles.